The lowest BCUT2D eigenvalue weighted by Gasteiger charge is -2.37. The van der Waals surface area contributed by atoms with Crippen molar-refractivity contribution in [1.82, 2.24) is 4.90 Å². The number of piperidine rings is 1. The number of fused-ring (bicyclic) bond motifs is 1. The predicted molar refractivity (Wildman–Crippen MR) is 135 cm³/mol. The van der Waals surface area contributed by atoms with Crippen LogP contribution in [0.2, 0.25) is 0 Å². The molecular weight excluding hydrogens is 478 g/mol. The van der Waals surface area contributed by atoms with Crippen molar-refractivity contribution in [2.75, 3.05) is 38.3 Å². The quantitative estimate of drug-likeness (QED) is 0.479. The van der Waals surface area contributed by atoms with E-state index in [1.165, 1.54) is 12.1 Å². The zero-order valence-electron chi connectivity index (χ0n) is 20.3. The van der Waals surface area contributed by atoms with Crippen LogP contribution in [0.4, 0.5) is 14.5 Å². The maximum Gasteiger partial charge on any atom is 0.262 e. The van der Waals surface area contributed by atoms with Gasteiger partial charge in [0.1, 0.15) is 30.6 Å². The van der Waals surface area contributed by atoms with Crippen LogP contribution in [0, 0.1) is 11.7 Å². The highest BCUT2D eigenvalue weighted by molar-refractivity contribution is 5.99. The number of likely N-dealkylation sites (tertiary alicyclic amines) is 1. The third kappa shape index (κ3) is 5.58. The number of nitrogens with one attached hydrogen (secondary N) is 1. The number of rotatable bonds is 7. The molecule has 1 fully saturated rings. The van der Waals surface area contributed by atoms with Crippen LogP contribution in [0.5, 0.6) is 11.5 Å². The summed E-state index contributed by atoms with van der Waals surface area (Å²) in [5.41, 5.74) is 3.00. The summed E-state index contributed by atoms with van der Waals surface area (Å²) < 4.78 is 37.2. The average Bonchev–Trinajstić information content (AvgIpc) is 2.93. The minimum absolute atomic E-state index is 0.0103. The van der Waals surface area contributed by atoms with Gasteiger partial charge in [-0.05, 0) is 72.4 Å². The molecule has 37 heavy (non-hydrogen) atoms. The Morgan fingerprint density at radius 1 is 1.05 bits per heavy atom. The van der Waals surface area contributed by atoms with Crippen molar-refractivity contribution in [2.24, 2.45) is 5.92 Å². The number of ether oxygens (including phenoxy) is 2. The first kappa shape index (κ1) is 24.7. The third-order valence-corrected chi connectivity index (χ3v) is 6.95. The van der Waals surface area contributed by atoms with Gasteiger partial charge in [0.25, 0.3) is 11.8 Å². The van der Waals surface area contributed by atoms with E-state index >= 15 is 0 Å². The monoisotopic (exact) mass is 506 g/mol. The molecule has 0 unspecified atom stereocenters. The highest BCUT2D eigenvalue weighted by Gasteiger charge is 2.31. The van der Waals surface area contributed by atoms with Gasteiger partial charge >= 0.3 is 0 Å². The summed E-state index contributed by atoms with van der Waals surface area (Å²) in [6.45, 7) is 0.525. The zero-order valence-corrected chi connectivity index (χ0v) is 20.3. The van der Waals surface area contributed by atoms with E-state index in [0.29, 0.717) is 35.8 Å². The lowest BCUT2D eigenvalue weighted by Crippen LogP contribution is -2.40. The normalized spacial score (nSPS) is 16.4. The van der Waals surface area contributed by atoms with Gasteiger partial charge < -0.3 is 19.7 Å². The smallest absolute Gasteiger partial charge is 0.262 e. The van der Waals surface area contributed by atoms with Crippen LogP contribution >= 0.6 is 0 Å². The van der Waals surface area contributed by atoms with Gasteiger partial charge in [0.05, 0.1) is 5.69 Å². The molecule has 0 aromatic heterocycles. The molecular formula is C29H28F2N2O4. The number of alkyl halides is 1. The van der Waals surface area contributed by atoms with Crippen LogP contribution < -0.4 is 14.8 Å². The van der Waals surface area contributed by atoms with Gasteiger partial charge in [-0.2, -0.15) is 0 Å². The molecule has 2 aliphatic rings. The number of benzene rings is 3. The summed E-state index contributed by atoms with van der Waals surface area (Å²) in [5, 5.41) is 2.75. The van der Waals surface area contributed by atoms with Crippen LogP contribution in [0.15, 0.2) is 66.7 Å². The van der Waals surface area contributed by atoms with E-state index < -0.39 is 6.67 Å². The molecule has 6 nitrogen and oxygen atoms in total. The molecule has 2 heterocycles. The van der Waals surface area contributed by atoms with Crippen LogP contribution in [0.3, 0.4) is 0 Å². The van der Waals surface area contributed by atoms with Gasteiger partial charge in [0, 0.05) is 24.6 Å². The fourth-order valence-corrected chi connectivity index (χ4v) is 5.20. The number of hydrogen-bond acceptors (Lipinski definition) is 4. The molecule has 1 saturated heterocycles. The molecule has 2 aliphatic heterocycles. The Bertz CT molecular complexity index is 1270. The van der Waals surface area contributed by atoms with E-state index in [1.807, 2.05) is 23.1 Å². The van der Waals surface area contributed by atoms with Gasteiger partial charge in [0.2, 0.25) is 0 Å². The van der Waals surface area contributed by atoms with Gasteiger partial charge in [-0.1, -0.05) is 24.3 Å². The van der Waals surface area contributed by atoms with Crippen molar-refractivity contribution in [1.29, 1.82) is 0 Å². The molecule has 0 spiro atoms. The fourth-order valence-electron chi connectivity index (χ4n) is 5.20. The van der Waals surface area contributed by atoms with Crippen molar-refractivity contribution >= 4 is 17.5 Å². The summed E-state index contributed by atoms with van der Waals surface area (Å²) in [5.74, 6) is 0.692. The van der Waals surface area contributed by atoms with Crippen molar-refractivity contribution in [2.45, 2.75) is 18.8 Å². The molecule has 0 saturated carbocycles. The average molecular weight is 507 g/mol. The fraction of sp³-hybridized carbons (Fsp3) is 0.310. The van der Waals surface area contributed by atoms with Crippen molar-refractivity contribution < 1.29 is 27.8 Å². The Kier molecular flexibility index (Phi) is 7.35. The van der Waals surface area contributed by atoms with Gasteiger partial charge in [-0.25, -0.2) is 8.78 Å². The minimum Gasteiger partial charge on any atom is -0.491 e. The standard InChI is InChI=1S/C29H28F2N2O4/c30-12-15-36-24-3-1-2-21(16-24)28(19-4-7-23(31)8-5-19)20-10-13-33(14-11-20)29(35)22-6-9-26-25(17-22)32-27(34)18-37-26/h1-9,16-17,20,28H,10-15,18H2,(H,32,34)/t28-/m1/s1. The first-order chi connectivity index (χ1) is 18.0. The molecule has 0 bridgehead atoms. The highest BCUT2D eigenvalue weighted by atomic mass is 19.1. The van der Waals surface area contributed by atoms with Gasteiger partial charge in [-0.3, -0.25) is 9.59 Å². The number of halogens is 2. The van der Waals surface area contributed by atoms with Crippen molar-refractivity contribution in [3.63, 3.8) is 0 Å². The van der Waals surface area contributed by atoms with Crippen LogP contribution in [-0.2, 0) is 4.79 Å². The molecule has 192 valence electrons. The Morgan fingerprint density at radius 2 is 1.84 bits per heavy atom. The lowest BCUT2D eigenvalue weighted by atomic mass is 9.76. The summed E-state index contributed by atoms with van der Waals surface area (Å²) in [4.78, 5) is 26.7. The van der Waals surface area contributed by atoms with Crippen molar-refractivity contribution in [3.05, 3.63) is 89.2 Å². The Labute approximate surface area is 214 Å². The molecule has 3 aromatic carbocycles. The summed E-state index contributed by atoms with van der Waals surface area (Å²) in [7, 11) is 0. The zero-order chi connectivity index (χ0) is 25.8. The number of amides is 2. The summed E-state index contributed by atoms with van der Waals surface area (Å²) >= 11 is 0. The SMILES string of the molecule is O=C1COc2ccc(C(=O)N3CCC([C@@H](c4ccc(F)cc4)c4cccc(OCCF)c4)CC3)cc2N1. The molecule has 2 amide bonds. The number of anilines is 1. The number of nitrogens with zero attached hydrogens (tertiary/aromatic N) is 1. The first-order valence-corrected chi connectivity index (χ1v) is 12.4. The molecule has 5 rings (SSSR count). The van der Waals surface area contributed by atoms with E-state index in [9.17, 15) is 18.4 Å². The molecule has 1 N–H and O–H groups in total. The van der Waals surface area contributed by atoms with Crippen molar-refractivity contribution in [3.8, 4) is 11.5 Å². The van der Waals surface area contributed by atoms with Crippen LogP contribution in [-0.4, -0.2) is 49.7 Å². The largest absolute Gasteiger partial charge is 0.491 e. The Balaban J connectivity index is 1.33. The van der Waals surface area contributed by atoms with Crippen LogP contribution in [0.25, 0.3) is 0 Å². The molecule has 0 aliphatic carbocycles. The van der Waals surface area contributed by atoms with Crippen LogP contribution in [0.1, 0.15) is 40.2 Å². The van der Waals surface area contributed by atoms with Gasteiger partial charge in [0.15, 0.2) is 6.61 Å². The molecule has 1 atom stereocenters. The molecule has 8 heteroatoms. The molecule has 3 aromatic rings. The Hall–Kier alpha value is -3.94. The third-order valence-electron chi connectivity index (χ3n) is 6.95. The predicted octanol–water partition coefficient (Wildman–Crippen LogP) is 5.19. The van der Waals surface area contributed by atoms with E-state index in [-0.39, 0.29) is 42.7 Å². The van der Waals surface area contributed by atoms with E-state index in [4.69, 9.17) is 9.47 Å². The second-order valence-electron chi connectivity index (χ2n) is 9.32. The second kappa shape index (κ2) is 11.0. The summed E-state index contributed by atoms with van der Waals surface area (Å²) in [6.07, 6.45) is 1.52. The first-order valence-electron chi connectivity index (χ1n) is 12.4. The van der Waals surface area contributed by atoms with E-state index in [1.54, 1.807) is 36.4 Å². The number of carbonyl (C=O) groups is 2. The highest BCUT2D eigenvalue weighted by Crippen LogP contribution is 2.39. The minimum atomic E-state index is -0.568. The van der Waals surface area contributed by atoms with Gasteiger partial charge in [-0.15, -0.1) is 0 Å². The number of carbonyl (C=O) groups excluding carboxylic acids is 2. The van der Waals surface area contributed by atoms with E-state index in [2.05, 4.69) is 5.32 Å². The lowest BCUT2D eigenvalue weighted by molar-refractivity contribution is -0.118. The number of hydrogen-bond donors (Lipinski definition) is 1. The topological polar surface area (TPSA) is 67.9 Å². The summed E-state index contributed by atoms with van der Waals surface area (Å²) in [6, 6.07) is 19.2. The molecule has 0 radical (unpaired) electrons. The Morgan fingerprint density at radius 3 is 2.59 bits per heavy atom. The maximum absolute atomic E-state index is 13.7. The second-order valence-corrected chi connectivity index (χ2v) is 9.32. The maximum atomic E-state index is 13.7. The van der Waals surface area contributed by atoms with E-state index in [0.717, 1.165) is 24.0 Å².